The zero-order valence-electron chi connectivity index (χ0n) is 11.7. The third-order valence-electron chi connectivity index (χ3n) is 3.23. The van der Waals surface area contributed by atoms with Gasteiger partial charge in [0.05, 0.1) is 0 Å². The molecule has 0 rings (SSSR count). The van der Waals surface area contributed by atoms with E-state index in [0.29, 0.717) is 0 Å². The Bertz CT molecular complexity index is 126. The summed E-state index contributed by atoms with van der Waals surface area (Å²) in [6.07, 6.45) is 14.2. The van der Waals surface area contributed by atoms with Gasteiger partial charge in [-0.2, -0.15) is 0 Å². The minimum absolute atomic E-state index is 1.17. The van der Waals surface area contributed by atoms with Gasteiger partial charge in [0, 0.05) is 13.6 Å². The van der Waals surface area contributed by atoms with Crippen LogP contribution in [0.1, 0.15) is 71.1 Å². The molecule has 0 unspecified atom stereocenters. The molecule has 0 fully saturated rings. The Hall–Kier alpha value is -0.0800. The van der Waals surface area contributed by atoms with E-state index in [9.17, 15) is 0 Å². The van der Waals surface area contributed by atoms with Gasteiger partial charge in [-0.1, -0.05) is 64.7 Å². The molecule has 0 spiro atoms. The molecule has 0 heterocycles. The maximum atomic E-state index is 3.13. The van der Waals surface area contributed by atoms with Crippen LogP contribution in [-0.2, 0) is 0 Å². The molecule has 0 atom stereocenters. The third-order valence-corrected chi connectivity index (χ3v) is 3.23. The summed E-state index contributed by atoms with van der Waals surface area (Å²) in [7, 11) is 4.09. The highest BCUT2D eigenvalue weighted by atomic mass is 15.5. The summed E-state index contributed by atoms with van der Waals surface area (Å²) in [4.78, 5) is 0. The van der Waals surface area contributed by atoms with E-state index in [2.05, 4.69) is 24.4 Å². The second-order valence-electron chi connectivity index (χ2n) is 4.83. The van der Waals surface area contributed by atoms with Crippen molar-refractivity contribution >= 4 is 0 Å². The van der Waals surface area contributed by atoms with Gasteiger partial charge in [0.2, 0.25) is 0 Å². The number of nitrogens with zero attached hydrogens (tertiary/aromatic N) is 1. The first kappa shape index (κ1) is 15.9. The van der Waals surface area contributed by atoms with Crippen molar-refractivity contribution in [2.24, 2.45) is 0 Å². The van der Waals surface area contributed by atoms with E-state index in [1.807, 2.05) is 7.05 Å². The standard InChI is InChI=1S/C14H32N2/c1-4-5-6-7-8-9-10-11-12-13-14-16(3)15-2/h15H,4-14H2,1-3H3. The lowest BCUT2D eigenvalue weighted by atomic mass is 10.1. The molecule has 0 aliphatic heterocycles. The first-order valence-corrected chi connectivity index (χ1v) is 7.19. The van der Waals surface area contributed by atoms with Crippen molar-refractivity contribution in [2.75, 3.05) is 20.6 Å². The van der Waals surface area contributed by atoms with Crippen molar-refractivity contribution < 1.29 is 0 Å². The molecule has 2 heteroatoms. The second-order valence-corrected chi connectivity index (χ2v) is 4.83. The molecule has 1 N–H and O–H groups in total. The molecule has 0 aliphatic rings. The van der Waals surface area contributed by atoms with E-state index in [1.165, 1.54) is 70.8 Å². The van der Waals surface area contributed by atoms with Crippen molar-refractivity contribution in [3.63, 3.8) is 0 Å². The van der Waals surface area contributed by atoms with Gasteiger partial charge < -0.3 is 0 Å². The summed E-state index contributed by atoms with van der Waals surface area (Å²) in [5.74, 6) is 0. The van der Waals surface area contributed by atoms with Gasteiger partial charge in [-0.05, 0) is 13.5 Å². The largest absolute Gasteiger partial charge is 0.259 e. The summed E-state index contributed by atoms with van der Waals surface area (Å²) >= 11 is 0. The quantitative estimate of drug-likeness (QED) is 0.401. The van der Waals surface area contributed by atoms with Crippen molar-refractivity contribution in [3.05, 3.63) is 0 Å². The molecular weight excluding hydrogens is 196 g/mol. The van der Waals surface area contributed by atoms with Crippen LogP contribution in [0.15, 0.2) is 0 Å². The van der Waals surface area contributed by atoms with Crippen molar-refractivity contribution in [1.82, 2.24) is 10.4 Å². The van der Waals surface area contributed by atoms with Crippen LogP contribution < -0.4 is 5.43 Å². The maximum absolute atomic E-state index is 3.13. The fourth-order valence-electron chi connectivity index (χ4n) is 1.95. The minimum Gasteiger partial charge on any atom is -0.259 e. The smallest absolute Gasteiger partial charge is 0.0127 e. The molecule has 98 valence electrons. The van der Waals surface area contributed by atoms with Gasteiger partial charge in [0.15, 0.2) is 0 Å². The molecule has 0 aromatic rings. The molecule has 0 aromatic heterocycles. The number of hydrogen-bond acceptors (Lipinski definition) is 2. The lowest BCUT2D eigenvalue weighted by molar-refractivity contribution is 0.254. The average molecular weight is 228 g/mol. The van der Waals surface area contributed by atoms with E-state index < -0.39 is 0 Å². The van der Waals surface area contributed by atoms with Gasteiger partial charge in [-0.25, -0.2) is 5.01 Å². The van der Waals surface area contributed by atoms with E-state index in [-0.39, 0.29) is 0 Å². The summed E-state index contributed by atoms with van der Waals surface area (Å²) in [5.41, 5.74) is 3.13. The van der Waals surface area contributed by atoms with Crippen LogP contribution in [0.4, 0.5) is 0 Å². The van der Waals surface area contributed by atoms with Crippen LogP contribution in [0.5, 0.6) is 0 Å². The number of rotatable bonds is 12. The van der Waals surface area contributed by atoms with Crippen LogP contribution in [-0.4, -0.2) is 25.6 Å². The van der Waals surface area contributed by atoms with Crippen molar-refractivity contribution in [1.29, 1.82) is 0 Å². The average Bonchev–Trinajstić information content (AvgIpc) is 2.31. The summed E-state index contributed by atoms with van der Waals surface area (Å²) < 4.78 is 0. The first-order chi connectivity index (χ1) is 7.81. The summed E-state index contributed by atoms with van der Waals surface area (Å²) in [6.45, 7) is 3.45. The molecule has 0 amide bonds. The fraction of sp³-hybridized carbons (Fsp3) is 1.00. The zero-order valence-corrected chi connectivity index (χ0v) is 11.7. The van der Waals surface area contributed by atoms with Crippen LogP contribution in [0.2, 0.25) is 0 Å². The van der Waals surface area contributed by atoms with Crippen LogP contribution in [0, 0.1) is 0 Å². The monoisotopic (exact) mass is 228 g/mol. The van der Waals surface area contributed by atoms with Crippen LogP contribution >= 0.6 is 0 Å². The Morgan fingerprint density at radius 2 is 1.19 bits per heavy atom. The summed E-state index contributed by atoms with van der Waals surface area (Å²) in [6, 6.07) is 0. The Morgan fingerprint density at radius 1 is 0.750 bits per heavy atom. The number of hydrogen-bond donors (Lipinski definition) is 1. The molecule has 0 aliphatic carbocycles. The molecule has 0 saturated carbocycles. The fourth-order valence-corrected chi connectivity index (χ4v) is 1.95. The van der Waals surface area contributed by atoms with Crippen molar-refractivity contribution in [3.8, 4) is 0 Å². The number of unbranched alkanes of at least 4 members (excludes halogenated alkanes) is 9. The number of nitrogens with one attached hydrogen (secondary N) is 1. The maximum Gasteiger partial charge on any atom is 0.0127 e. The minimum atomic E-state index is 1.17. The predicted molar refractivity (Wildman–Crippen MR) is 73.5 cm³/mol. The topological polar surface area (TPSA) is 15.3 Å². The van der Waals surface area contributed by atoms with Crippen molar-refractivity contribution in [2.45, 2.75) is 71.1 Å². The molecule has 2 nitrogen and oxygen atoms in total. The van der Waals surface area contributed by atoms with E-state index in [1.54, 1.807) is 0 Å². The highest BCUT2D eigenvalue weighted by Gasteiger charge is 1.94. The Labute approximate surface area is 103 Å². The van der Waals surface area contributed by atoms with Crippen LogP contribution in [0.25, 0.3) is 0 Å². The number of hydrazine groups is 1. The van der Waals surface area contributed by atoms with Gasteiger partial charge in [0.25, 0.3) is 0 Å². The molecule has 0 radical (unpaired) electrons. The highest BCUT2D eigenvalue weighted by molar-refractivity contribution is 4.49. The van der Waals surface area contributed by atoms with E-state index >= 15 is 0 Å². The van der Waals surface area contributed by atoms with Gasteiger partial charge in [-0.3, -0.25) is 5.43 Å². The predicted octanol–water partition coefficient (Wildman–Crippen LogP) is 3.97. The molecule has 16 heavy (non-hydrogen) atoms. The van der Waals surface area contributed by atoms with Gasteiger partial charge >= 0.3 is 0 Å². The normalized spacial score (nSPS) is 11.2. The summed E-state index contributed by atoms with van der Waals surface area (Å²) in [5, 5.41) is 2.16. The first-order valence-electron chi connectivity index (χ1n) is 7.19. The lowest BCUT2D eigenvalue weighted by Crippen LogP contribution is -2.31. The Kier molecular flexibility index (Phi) is 12.9. The van der Waals surface area contributed by atoms with E-state index in [0.717, 1.165) is 0 Å². The van der Waals surface area contributed by atoms with E-state index in [4.69, 9.17) is 0 Å². The van der Waals surface area contributed by atoms with Crippen LogP contribution in [0.3, 0.4) is 0 Å². The SMILES string of the molecule is CCCCCCCCCCCCN(C)NC. The van der Waals surface area contributed by atoms with Gasteiger partial charge in [-0.15, -0.1) is 0 Å². The molecule has 0 aromatic carbocycles. The molecule has 0 bridgehead atoms. The Balaban J connectivity index is 2.93. The third kappa shape index (κ3) is 12.0. The van der Waals surface area contributed by atoms with Gasteiger partial charge in [0.1, 0.15) is 0 Å². The molecular formula is C14H32N2. The lowest BCUT2D eigenvalue weighted by Gasteiger charge is -2.14. The highest BCUT2D eigenvalue weighted by Crippen LogP contribution is 2.10. The molecule has 0 saturated heterocycles. The second kappa shape index (κ2) is 13.0. The Morgan fingerprint density at radius 3 is 1.62 bits per heavy atom. The zero-order chi connectivity index (χ0) is 12.1.